The second-order valence-corrected chi connectivity index (χ2v) is 5.18. The number of hydrogen-bond donors (Lipinski definition) is 0. The van der Waals surface area contributed by atoms with Gasteiger partial charge in [0.1, 0.15) is 12.4 Å². The van der Waals surface area contributed by atoms with Crippen LogP contribution >= 0.6 is 0 Å². The van der Waals surface area contributed by atoms with E-state index in [1.807, 2.05) is 44.2 Å². The molecule has 0 heterocycles. The Morgan fingerprint density at radius 3 is 2.24 bits per heavy atom. The summed E-state index contributed by atoms with van der Waals surface area (Å²) < 4.78 is 44.8. The summed E-state index contributed by atoms with van der Waals surface area (Å²) in [6, 6.07) is 13.4. The number of benzene rings is 2. The van der Waals surface area contributed by atoms with Gasteiger partial charge >= 0.3 is 6.18 Å². The summed E-state index contributed by atoms with van der Waals surface area (Å²) in [6.07, 6.45) is -4.42. The highest BCUT2D eigenvalue weighted by Gasteiger charge is 2.34. The first-order chi connectivity index (χ1) is 9.88. The SMILES string of the molecule is CC(C)c1ccc(OCc2ccccc2)c(C(F)(F)F)c1. The second kappa shape index (κ2) is 6.20. The van der Waals surface area contributed by atoms with Crippen molar-refractivity contribution in [2.75, 3.05) is 0 Å². The third kappa shape index (κ3) is 4.00. The van der Waals surface area contributed by atoms with Crippen LogP contribution in [0.4, 0.5) is 13.2 Å². The van der Waals surface area contributed by atoms with E-state index in [-0.39, 0.29) is 18.3 Å². The largest absolute Gasteiger partial charge is 0.488 e. The van der Waals surface area contributed by atoms with Gasteiger partial charge in [-0.3, -0.25) is 0 Å². The molecule has 0 bridgehead atoms. The van der Waals surface area contributed by atoms with Crippen LogP contribution in [0.15, 0.2) is 48.5 Å². The maximum atomic E-state index is 13.1. The van der Waals surface area contributed by atoms with Crippen molar-refractivity contribution >= 4 is 0 Å². The topological polar surface area (TPSA) is 9.23 Å². The van der Waals surface area contributed by atoms with E-state index < -0.39 is 11.7 Å². The zero-order chi connectivity index (χ0) is 15.5. The van der Waals surface area contributed by atoms with Crippen molar-refractivity contribution in [3.63, 3.8) is 0 Å². The monoisotopic (exact) mass is 294 g/mol. The van der Waals surface area contributed by atoms with Crippen LogP contribution in [0.3, 0.4) is 0 Å². The molecule has 0 fully saturated rings. The smallest absolute Gasteiger partial charge is 0.419 e. The third-order valence-electron chi connectivity index (χ3n) is 3.21. The Kier molecular flexibility index (Phi) is 4.56. The van der Waals surface area contributed by atoms with E-state index in [2.05, 4.69) is 0 Å². The fourth-order valence-electron chi connectivity index (χ4n) is 1.99. The van der Waals surface area contributed by atoms with E-state index in [9.17, 15) is 13.2 Å². The molecule has 0 aliphatic rings. The Hall–Kier alpha value is -1.97. The molecule has 0 aromatic heterocycles. The van der Waals surface area contributed by atoms with Crippen LogP contribution in [-0.2, 0) is 12.8 Å². The second-order valence-electron chi connectivity index (χ2n) is 5.18. The third-order valence-corrected chi connectivity index (χ3v) is 3.21. The van der Waals surface area contributed by atoms with Gasteiger partial charge in [0.15, 0.2) is 0 Å². The minimum Gasteiger partial charge on any atom is -0.488 e. The van der Waals surface area contributed by atoms with E-state index in [1.165, 1.54) is 12.1 Å². The van der Waals surface area contributed by atoms with Gasteiger partial charge in [-0.1, -0.05) is 50.2 Å². The lowest BCUT2D eigenvalue weighted by atomic mass is 10.00. The number of halogens is 3. The van der Waals surface area contributed by atoms with E-state index in [1.54, 1.807) is 6.07 Å². The molecule has 2 rings (SSSR count). The maximum Gasteiger partial charge on any atom is 0.419 e. The van der Waals surface area contributed by atoms with Crippen LogP contribution in [0.25, 0.3) is 0 Å². The van der Waals surface area contributed by atoms with Crippen molar-refractivity contribution in [2.45, 2.75) is 32.5 Å². The molecule has 4 heteroatoms. The molecule has 21 heavy (non-hydrogen) atoms. The van der Waals surface area contributed by atoms with E-state index in [4.69, 9.17) is 4.74 Å². The summed E-state index contributed by atoms with van der Waals surface area (Å²) in [4.78, 5) is 0. The van der Waals surface area contributed by atoms with E-state index >= 15 is 0 Å². The van der Waals surface area contributed by atoms with Crippen LogP contribution in [0, 0.1) is 0 Å². The highest BCUT2D eigenvalue weighted by atomic mass is 19.4. The summed E-state index contributed by atoms with van der Waals surface area (Å²) in [6.45, 7) is 3.84. The molecule has 1 nitrogen and oxygen atoms in total. The fourth-order valence-corrected chi connectivity index (χ4v) is 1.99. The molecule has 0 atom stereocenters. The van der Waals surface area contributed by atoms with Crippen LogP contribution in [0.1, 0.15) is 36.5 Å². The minimum atomic E-state index is -4.42. The summed E-state index contributed by atoms with van der Waals surface area (Å²) in [5, 5.41) is 0. The molecule has 0 N–H and O–H groups in total. The molecule has 0 spiro atoms. The van der Waals surface area contributed by atoms with Gasteiger partial charge in [0.05, 0.1) is 5.56 Å². The molecule has 0 aliphatic carbocycles. The molecular formula is C17H17F3O. The minimum absolute atomic E-state index is 0.0364. The van der Waals surface area contributed by atoms with Crippen LogP contribution in [-0.4, -0.2) is 0 Å². The van der Waals surface area contributed by atoms with Gasteiger partial charge in [-0.05, 0) is 29.2 Å². The van der Waals surface area contributed by atoms with Crippen LogP contribution in [0.5, 0.6) is 5.75 Å². The standard InChI is InChI=1S/C17H17F3O/c1-12(2)14-8-9-16(15(10-14)17(18,19)20)21-11-13-6-4-3-5-7-13/h3-10,12H,11H2,1-2H3. The zero-order valence-electron chi connectivity index (χ0n) is 11.9. The first kappa shape index (κ1) is 15.4. The normalized spacial score (nSPS) is 11.7. The predicted molar refractivity (Wildman–Crippen MR) is 76.3 cm³/mol. The Morgan fingerprint density at radius 2 is 1.67 bits per heavy atom. The molecule has 0 aliphatic heterocycles. The van der Waals surface area contributed by atoms with E-state index in [0.717, 1.165) is 5.56 Å². The molecule has 0 saturated carbocycles. The highest BCUT2D eigenvalue weighted by molar-refractivity contribution is 5.40. The predicted octanol–water partition coefficient (Wildman–Crippen LogP) is 5.41. The van der Waals surface area contributed by atoms with Gasteiger partial charge in [-0.2, -0.15) is 13.2 Å². The summed E-state index contributed by atoms with van der Waals surface area (Å²) in [7, 11) is 0. The van der Waals surface area contributed by atoms with Crippen molar-refractivity contribution in [1.82, 2.24) is 0 Å². The molecule has 0 unspecified atom stereocenters. The lowest BCUT2D eigenvalue weighted by Gasteiger charge is -2.16. The molecule has 2 aromatic rings. The molecule has 0 saturated heterocycles. The summed E-state index contributed by atoms with van der Waals surface area (Å²) in [5.41, 5.74) is 0.762. The van der Waals surface area contributed by atoms with Gasteiger partial charge in [0, 0.05) is 0 Å². The quantitative estimate of drug-likeness (QED) is 0.732. The highest BCUT2D eigenvalue weighted by Crippen LogP contribution is 2.38. The lowest BCUT2D eigenvalue weighted by Crippen LogP contribution is -2.10. The van der Waals surface area contributed by atoms with Crippen molar-refractivity contribution in [1.29, 1.82) is 0 Å². The Balaban J connectivity index is 2.26. The number of alkyl halides is 3. The van der Waals surface area contributed by atoms with Crippen LogP contribution < -0.4 is 4.74 Å². The zero-order valence-corrected chi connectivity index (χ0v) is 11.9. The van der Waals surface area contributed by atoms with Crippen molar-refractivity contribution < 1.29 is 17.9 Å². The van der Waals surface area contributed by atoms with Gasteiger partial charge in [-0.15, -0.1) is 0 Å². The Morgan fingerprint density at radius 1 is 1.00 bits per heavy atom. The van der Waals surface area contributed by atoms with Gasteiger partial charge in [0.25, 0.3) is 0 Å². The van der Waals surface area contributed by atoms with Gasteiger partial charge in [-0.25, -0.2) is 0 Å². The molecular weight excluding hydrogens is 277 g/mol. The number of ether oxygens (including phenoxy) is 1. The Bertz CT molecular complexity index is 589. The van der Waals surface area contributed by atoms with Crippen molar-refractivity contribution in [3.8, 4) is 5.75 Å². The van der Waals surface area contributed by atoms with Gasteiger partial charge in [0.2, 0.25) is 0 Å². The first-order valence-electron chi connectivity index (χ1n) is 6.76. The van der Waals surface area contributed by atoms with Crippen molar-refractivity contribution in [3.05, 3.63) is 65.2 Å². The maximum absolute atomic E-state index is 13.1. The molecule has 2 aromatic carbocycles. The lowest BCUT2D eigenvalue weighted by molar-refractivity contribution is -0.139. The van der Waals surface area contributed by atoms with Crippen molar-refractivity contribution in [2.24, 2.45) is 0 Å². The molecule has 0 amide bonds. The van der Waals surface area contributed by atoms with Crippen LogP contribution in [0.2, 0.25) is 0 Å². The fraction of sp³-hybridized carbons (Fsp3) is 0.294. The first-order valence-corrected chi connectivity index (χ1v) is 6.76. The number of hydrogen-bond acceptors (Lipinski definition) is 1. The number of rotatable bonds is 4. The molecule has 112 valence electrons. The average Bonchev–Trinajstić information content (AvgIpc) is 2.45. The summed E-state index contributed by atoms with van der Waals surface area (Å²) >= 11 is 0. The molecule has 0 radical (unpaired) electrons. The average molecular weight is 294 g/mol. The van der Waals surface area contributed by atoms with Gasteiger partial charge < -0.3 is 4.74 Å². The van der Waals surface area contributed by atoms with E-state index in [0.29, 0.717) is 5.56 Å². The summed E-state index contributed by atoms with van der Waals surface area (Å²) in [5.74, 6) is -0.0926. The Labute approximate surface area is 122 Å².